The summed E-state index contributed by atoms with van der Waals surface area (Å²) in [6.45, 7) is 0.957. The number of hydrogen-bond donors (Lipinski definition) is 0. The average molecular weight is 328 g/mol. The van der Waals surface area contributed by atoms with Crippen LogP contribution in [0.3, 0.4) is 0 Å². The van der Waals surface area contributed by atoms with Crippen molar-refractivity contribution in [1.82, 2.24) is 5.01 Å². The summed E-state index contributed by atoms with van der Waals surface area (Å²) in [5, 5.41) is 4.60. The molecule has 0 bridgehead atoms. The minimum Gasteiger partial charge on any atom is -0.305 e. The third-order valence-corrected chi connectivity index (χ3v) is 5.28. The van der Waals surface area contributed by atoms with Crippen LogP contribution in [0, 0.1) is 0 Å². The Kier molecular flexibility index (Phi) is 4.06. The number of hydrazine groups is 1. The predicted molar refractivity (Wildman–Crippen MR) is 105 cm³/mol. The molecular weight excluding hydrogens is 304 g/mol. The quantitative estimate of drug-likeness (QED) is 0.695. The Labute approximate surface area is 150 Å². The molecule has 2 heteroatoms. The van der Waals surface area contributed by atoms with Crippen molar-refractivity contribution in [3.63, 3.8) is 0 Å². The molecule has 4 rings (SSSR count). The van der Waals surface area contributed by atoms with Crippen molar-refractivity contribution in [1.29, 1.82) is 0 Å². The fourth-order valence-corrected chi connectivity index (χ4v) is 4.09. The fourth-order valence-electron chi connectivity index (χ4n) is 4.09. The fraction of sp³-hybridized carbons (Fsp3) is 0.217. The van der Waals surface area contributed by atoms with Crippen LogP contribution in [-0.4, -0.2) is 25.6 Å². The van der Waals surface area contributed by atoms with Gasteiger partial charge in [-0.05, 0) is 29.2 Å². The van der Waals surface area contributed by atoms with Gasteiger partial charge in [-0.25, -0.2) is 5.01 Å². The molecule has 0 N–H and O–H groups in total. The molecule has 3 aromatic rings. The number of anilines is 1. The Morgan fingerprint density at radius 3 is 2.08 bits per heavy atom. The maximum Gasteiger partial charge on any atom is 0.0564 e. The van der Waals surface area contributed by atoms with E-state index in [1.807, 2.05) is 0 Å². The zero-order chi connectivity index (χ0) is 17.3. The molecular formula is C23H24N2. The van der Waals surface area contributed by atoms with Crippen molar-refractivity contribution in [2.75, 3.05) is 25.6 Å². The third kappa shape index (κ3) is 2.73. The molecule has 1 aliphatic rings. The summed E-state index contributed by atoms with van der Waals surface area (Å²) in [4.78, 5) is 0. The highest BCUT2D eigenvalue weighted by Crippen LogP contribution is 2.47. The van der Waals surface area contributed by atoms with Gasteiger partial charge in [0.1, 0.15) is 0 Å². The maximum absolute atomic E-state index is 2.39. The van der Waals surface area contributed by atoms with Crippen molar-refractivity contribution >= 4 is 5.69 Å². The molecule has 0 radical (unpaired) electrons. The molecule has 0 aromatic heterocycles. The van der Waals surface area contributed by atoms with Gasteiger partial charge in [0.05, 0.1) is 5.69 Å². The number of nitrogens with zero attached hydrogens (tertiary/aromatic N) is 2. The van der Waals surface area contributed by atoms with Crippen LogP contribution in [-0.2, 0) is 11.8 Å². The first-order valence-electron chi connectivity index (χ1n) is 8.84. The smallest absolute Gasteiger partial charge is 0.0564 e. The second kappa shape index (κ2) is 6.38. The van der Waals surface area contributed by atoms with Crippen molar-refractivity contribution in [3.8, 4) is 0 Å². The topological polar surface area (TPSA) is 6.48 Å². The largest absolute Gasteiger partial charge is 0.305 e. The Morgan fingerprint density at radius 1 is 0.800 bits per heavy atom. The molecule has 0 amide bonds. The standard InChI is InChI=1S/C23H24N2/c1-24(2)25-18-23(20-13-7-4-8-14-20,17-19-11-5-3-6-12-19)21-15-9-10-16-22(21)25/h3-16H,17-18H2,1-2H3/t23-/m0/s1. The molecule has 0 spiro atoms. The number of hydrogen-bond acceptors (Lipinski definition) is 2. The van der Waals surface area contributed by atoms with Crippen LogP contribution >= 0.6 is 0 Å². The summed E-state index contributed by atoms with van der Waals surface area (Å²) in [6, 6.07) is 30.7. The number of rotatable bonds is 4. The first-order chi connectivity index (χ1) is 12.2. The van der Waals surface area contributed by atoms with Gasteiger partial charge in [0, 0.05) is 26.1 Å². The van der Waals surface area contributed by atoms with E-state index in [1.165, 1.54) is 22.4 Å². The first-order valence-corrected chi connectivity index (χ1v) is 8.84. The van der Waals surface area contributed by atoms with Crippen LogP contribution < -0.4 is 5.01 Å². The Bertz CT molecular complexity index is 842. The molecule has 0 unspecified atom stereocenters. The lowest BCUT2D eigenvalue weighted by Crippen LogP contribution is -2.42. The summed E-state index contributed by atoms with van der Waals surface area (Å²) in [6.07, 6.45) is 0.999. The number of benzene rings is 3. The molecule has 126 valence electrons. The highest BCUT2D eigenvalue weighted by molar-refractivity contribution is 5.66. The summed E-state index contributed by atoms with van der Waals surface area (Å²) in [7, 11) is 4.25. The molecule has 25 heavy (non-hydrogen) atoms. The average Bonchev–Trinajstić information content (AvgIpc) is 2.99. The van der Waals surface area contributed by atoms with E-state index in [0.29, 0.717) is 0 Å². The van der Waals surface area contributed by atoms with Crippen LogP contribution in [0.1, 0.15) is 16.7 Å². The van der Waals surface area contributed by atoms with Crippen LogP contribution in [0.4, 0.5) is 5.69 Å². The van der Waals surface area contributed by atoms with Gasteiger partial charge < -0.3 is 5.01 Å². The minimum atomic E-state index is -0.0382. The van der Waals surface area contributed by atoms with Crippen LogP contribution in [0.25, 0.3) is 0 Å². The lowest BCUT2D eigenvalue weighted by Gasteiger charge is -2.33. The summed E-state index contributed by atoms with van der Waals surface area (Å²) >= 11 is 0. The Hall–Kier alpha value is -2.58. The van der Waals surface area contributed by atoms with Gasteiger partial charge in [0.15, 0.2) is 0 Å². The van der Waals surface area contributed by atoms with E-state index in [1.54, 1.807) is 0 Å². The second-order valence-electron chi connectivity index (χ2n) is 7.03. The van der Waals surface area contributed by atoms with Crippen LogP contribution in [0.2, 0.25) is 0 Å². The summed E-state index contributed by atoms with van der Waals surface area (Å²) < 4.78 is 0. The predicted octanol–water partition coefficient (Wildman–Crippen LogP) is 4.51. The first kappa shape index (κ1) is 15.9. The number of fused-ring (bicyclic) bond motifs is 1. The molecule has 0 fully saturated rings. The van der Waals surface area contributed by atoms with Gasteiger partial charge in [0.2, 0.25) is 0 Å². The molecule has 2 nitrogen and oxygen atoms in total. The SMILES string of the molecule is CN(C)N1C[C@@](Cc2ccccc2)(c2ccccc2)c2ccccc21. The van der Waals surface area contributed by atoms with Crippen molar-refractivity contribution < 1.29 is 0 Å². The van der Waals surface area contributed by atoms with Gasteiger partial charge >= 0.3 is 0 Å². The van der Waals surface area contributed by atoms with Gasteiger partial charge in [-0.2, -0.15) is 0 Å². The van der Waals surface area contributed by atoms with Crippen molar-refractivity contribution in [2.24, 2.45) is 0 Å². The van der Waals surface area contributed by atoms with E-state index in [0.717, 1.165) is 13.0 Å². The molecule has 0 saturated carbocycles. The highest BCUT2D eigenvalue weighted by atomic mass is 15.6. The zero-order valence-electron chi connectivity index (χ0n) is 14.9. The van der Waals surface area contributed by atoms with E-state index in [9.17, 15) is 0 Å². The summed E-state index contributed by atoms with van der Waals surface area (Å²) in [5.41, 5.74) is 5.45. The Morgan fingerprint density at radius 2 is 1.40 bits per heavy atom. The lowest BCUT2D eigenvalue weighted by molar-refractivity contribution is 0.352. The van der Waals surface area contributed by atoms with Gasteiger partial charge in [-0.1, -0.05) is 78.9 Å². The van der Waals surface area contributed by atoms with Gasteiger partial charge in [-0.15, -0.1) is 0 Å². The third-order valence-electron chi connectivity index (χ3n) is 5.28. The molecule has 0 saturated heterocycles. The molecule has 1 heterocycles. The zero-order valence-corrected chi connectivity index (χ0v) is 14.9. The maximum atomic E-state index is 2.39. The van der Waals surface area contributed by atoms with Crippen molar-refractivity contribution in [2.45, 2.75) is 11.8 Å². The lowest BCUT2D eigenvalue weighted by atomic mass is 9.72. The molecule has 3 aromatic carbocycles. The molecule has 1 atom stereocenters. The van der Waals surface area contributed by atoms with E-state index in [2.05, 4.69) is 109 Å². The Balaban J connectivity index is 1.90. The molecule has 1 aliphatic heterocycles. The highest BCUT2D eigenvalue weighted by Gasteiger charge is 2.44. The van der Waals surface area contributed by atoms with E-state index >= 15 is 0 Å². The van der Waals surface area contributed by atoms with E-state index < -0.39 is 0 Å². The van der Waals surface area contributed by atoms with Gasteiger partial charge in [0.25, 0.3) is 0 Å². The monoisotopic (exact) mass is 328 g/mol. The number of para-hydroxylation sites is 1. The van der Waals surface area contributed by atoms with E-state index in [-0.39, 0.29) is 5.41 Å². The van der Waals surface area contributed by atoms with E-state index in [4.69, 9.17) is 0 Å². The minimum absolute atomic E-state index is 0.0382. The van der Waals surface area contributed by atoms with Crippen LogP contribution in [0.15, 0.2) is 84.9 Å². The van der Waals surface area contributed by atoms with Crippen molar-refractivity contribution in [3.05, 3.63) is 102 Å². The summed E-state index contributed by atoms with van der Waals surface area (Å²) in [5.74, 6) is 0. The van der Waals surface area contributed by atoms with Gasteiger partial charge in [-0.3, -0.25) is 0 Å². The molecule has 0 aliphatic carbocycles. The second-order valence-corrected chi connectivity index (χ2v) is 7.03. The van der Waals surface area contributed by atoms with Crippen LogP contribution in [0.5, 0.6) is 0 Å². The normalized spacial score (nSPS) is 19.2.